The molecule has 3 unspecified atom stereocenters. The van der Waals surface area contributed by atoms with Gasteiger partial charge in [-0.2, -0.15) is 0 Å². The second kappa shape index (κ2) is 11.4. The summed E-state index contributed by atoms with van der Waals surface area (Å²) in [4.78, 5) is 38.9. The van der Waals surface area contributed by atoms with Gasteiger partial charge in [-0.15, -0.1) is 0 Å². The molecule has 3 atom stereocenters. The first-order valence-corrected chi connectivity index (χ1v) is 12.3. The number of benzene rings is 2. The molecule has 2 aromatic rings. The van der Waals surface area contributed by atoms with Crippen LogP contribution in [0.15, 0.2) is 48.5 Å². The van der Waals surface area contributed by atoms with Crippen molar-refractivity contribution < 1.29 is 24.2 Å². The van der Waals surface area contributed by atoms with Crippen molar-refractivity contribution in [3.8, 4) is 11.1 Å². The van der Waals surface area contributed by atoms with Crippen molar-refractivity contribution in [2.45, 2.75) is 46.6 Å². The summed E-state index contributed by atoms with van der Waals surface area (Å²) < 4.78 is 5.65. The fourth-order valence-electron chi connectivity index (χ4n) is 4.99. The maximum Gasteiger partial charge on any atom is 0.407 e. The summed E-state index contributed by atoms with van der Waals surface area (Å²) in [6, 6.07) is 15.8. The molecular weight excluding hydrogens is 444 g/mol. The Hall–Kier alpha value is -3.35. The Labute approximate surface area is 207 Å². The van der Waals surface area contributed by atoms with Gasteiger partial charge < -0.3 is 20.1 Å². The molecule has 0 heterocycles. The smallest absolute Gasteiger partial charge is 0.407 e. The van der Waals surface area contributed by atoms with Gasteiger partial charge in [-0.3, -0.25) is 9.59 Å². The summed E-state index contributed by atoms with van der Waals surface area (Å²) in [5.74, 6) is -2.38. The number of carbonyl (C=O) groups excluding carboxylic acids is 2. The molecule has 7 heteroatoms. The zero-order chi connectivity index (χ0) is 25.7. The minimum Gasteiger partial charge on any atom is -0.481 e. The maximum atomic E-state index is 13.3. The highest BCUT2D eigenvalue weighted by atomic mass is 16.5. The molecule has 0 radical (unpaired) electrons. The molecule has 35 heavy (non-hydrogen) atoms. The Kier molecular flexibility index (Phi) is 8.54. The van der Waals surface area contributed by atoms with Crippen LogP contribution in [0.3, 0.4) is 0 Å². The van der Waals surface area contributed by atoms with Crippen LogP contribution >= 0.6 is 0 Å². The summed E-state index contributed by atoms with van der Waals surface area (Å²) in [6.45, 7) is 9.78. The molecule has 2 amide bonds. The van der Waals surface area contributed by atoms with Crippen molar-refractivity contribution in [1.29, 1.82) is 0 Å². The third-order valence-electron chi connectivity index (χ3n) is 6.84. The normalized spacial score (nSPS) is 15.0. The van der Waals surface area contributed by atoms with Crippen molar-refractivity contribution in [3.63, 3.8) is 0 Å². The van der Waals surface area contributed by atoms with E-state index in [4.69, 9.17) is 4.74 Å². The van der Waals surface area contributed by atoms with E-state index < -0.39 is 29.9 Å². The molecule has 0 fully saturated rings. The van der Waals surface area contributed by atoms with E-state index in [1.165, 1.54) is 0 Å². The van der Waals surface area contributed by atoms with Crippen LogP contribution in [-0.4, -0.2) is 53.7 Å². The van der Waals surface area contributed by atoms with E-state index in [-0.39, 0.29) is 30.9 Å². The average molecular weight is 481 g/mol. The zero-order valence-corrected chi connectivity index (χ0v) is 21.2. The lowest BCUT2D eigenvalue weighted by atomic mass is 9.87. The molecule has 2 aromatic carbocycles. The Morgan fingerprint density at radius 1 is 0.971 bits per heavy atom. The third kappa shape index (κ3) is 5.84. The molecule has 7 nitrogen and oxygen atoms in total. The van der Waals surface area contributed by atoms with Crippen molar-refractivity contribution >= 4 is 18.0 Å². The molecule has 0 spiro atoms. The van der Waals surface area contributed by atoms with Crippen molar-refractivity contribution in [2.24, 2.45) is 17.8 Å². The Bertz CT molecular complexity index is 1020. The number of amides is 2. The monoisotopic (exact) mass is 480 g/mol. The van der Waals surface area contributed by atoms with Crippen LogP contribution in [0.2, 0.25) is 0 Å². The predicted molar refractivity (Wildman–Crippen MR) is 135 cm³/mol. The number of nitrogens with zero attached hydrogens (tertiary/aromatic N) is 1. The van der Waals surface area contributed by atoms with Gasteiger partial charge >= 0.3 is 12.1 Å². The van der Waals surface area contributed by atoms with Crippen molar-refractivity contribution in [1.82, 2.24) is 10.2 Å². The molecule has 1 aliphatic carbocycles. The van der Waals surface area contributed by atoms with Crippen LogP contribution in [0.5, 0.6) is 0 Å². The number of carboxylic acid groups (broad SMARTS) is 1. The van der Waals surface area contributed by atoms with Crippen LogP contribution in [0, 0.1) is 17.8 Å². The van der Waals surface area contributed by atoms with Gasteiger partial charge in [0.2, 0.25) is 5.91 Å². The van der Waals surface area contributed by atoms with Gasteiger partial charge in [0.1, 0.15) is 6.61 Å². The van der Waals surface area contributed by atoms with Crippen LogP contribution in [0.1, 0.15) is 51.7 Å². The molecule has 1 aliphatic rings. The van der Waals surface area contributed by atoms with Gasteiger partial charge in [0.25, 0.3) is 0 Å². The van der Waals surface area contributed by atoms with E-state index in [1.807, 2.05) is 45.0 Å². The summed E-state index contributed by atoms with van der Waals surface area (Å²) in [5.41, 5.74) is 4.59. The summed E-state index contributed by atoms with van der Waals surface area (Å²) in [6.07, 6.45) is -0.570. The maximum absolute atomic E-state index is 13.3. The van der Waals surface area contributed by atoms with Crippen LogP contribution < -0.4 is 5.32 Å². The van der Waals surface area contributed by atoms with Gasteiger partial charge in [0, 0.05) is 25.0 Å². The van der Waals surface area contributed by atoms with Gasteiger partial charge in [-0.05, 0) is 42.0 Å². The Balaban J connectivity index is 1.65. The second-order valence-electron chi connectivity index (χ2n) is 9.64. The first kappa shape index (κ1) is 26.3. The molecule has 0 saturated heterocycles. The molecule has 0 aromatic heterocycles. The average Bonchev–Trinajstić information content (AvgIpc) is 3.14. The number of carbonyl (C=O) groups is 3. The fourth-order valence-corrected chi connectivity index (χ4v) is 4.99. The number of ether oxygens (including phenoxy) is 1. The number of carboxylic acids is 1. The highest BCUT2D eigenvalue weighted by Gasteiger charge is 2.34. The minimum atomic E-state index is -0.942. The predicted octanol–water partition coefficient (Wildman–Crippen LogP) is 4.76. The Morgan fingerprint density at radius 3 is 2.00 bits per heavy atom. The SMILES string of the molecule is CCN(CC(C)C(=O)O)C(=O)C(C(C)C)C(C)NC(=O)OCC1c2ccccc2-c2ccccc21. The van der Waals surface area contributed by atoms with Crippen LogP contribution in [0.25, 0.3) is 11.1 Å². The van der Waals surface area contributed by atoms with Crippen molar-refractivity contribution in [3.05, 3.63) is 59.7 Å². The number of fused-ring (bicyclic) bond motifs is 3. The minimum absolute atomic E-state index is 0.0425. The molecule has 0 aliphatic heterocycles. The molecule has 188 valence electrons. The standard InChI is InChI=1S/C28H36N2O5/c1-6-30(15-18(4)27(32)33)26(31)25(17(2)3)19(5)29-28(34)35-16-24-22-13-9-7-11-20(22)21-12-8-10-14-23(21)24/h7-14,17-19,24-25H,6,15-16H2,1-5H3,(H,29,34)(H,32,33). The lowest BCUT2D eigenvalue weighted by molar-refractivity contribution is -0.144. The van der Waals surface area contributed by atoms with E-state index in [1.54, 1.807) is 18.7 Å². The van der Waals surface area contributed by atoms with Crippen molar-refractivity contribution in [2.75, 3.05) is 19.7 Å². The van der Waals surface area contributed by atoms with Gasteiger partial charge in [0.05, 0.1) is 11.8 Å². The first-order valence-electron chi connectivity index (χ1n) is 12.3. The topological polar surface area (TPSA) is 95.9 Å². The molecule has 3 rings (SSSR count). The summed E-state index contributed by atoms with van der Waals surface area (Å²) in [5, 5.41) is 12.1. The molecule has 0 saturated carbocycles. The van der Waals surface area contributed by atoms with E-state index in [9.17, 15) is 19.5 Å². The highest BCUT2D eigenvalue weighted by Crippen LogP contribution is 2.44. The fraction of sp³-hybridized carbons (Fsp3) is 0.464. The zero-order valence-electron chi connectivity index (χ0n) is 21.2. The summed E-state index contributed by atoms with van der Waals surface area (Å²) >= 11 is 0. The quantitative estimate of drug-likeness (QED) is 0.511. The molecule has 2 N–H and O–H groups in total. The number of nitrogens with one attached hydrogen (secondary N) is 1. The van der Waals surface area contributed by atoms with E-state index >= 15 is 0 Å². The van der Waals surface area contributed by atoms with Crippen LogP contribution in [0.4, 0.5) is 4.79 Å². The van der Waals surface area contributed by atoms with Gasteiger partial charge in [-0.1, -0.05) is 69.3 Å². The lowest BCUT2D eigenvalue weighted by Crippen LogP contribution is -2.50. The third-order valence-corrected chi connectivity index (χ3v) is 6.84. The largest absolute Gasteiger partial charge is 0.481 e. The molecule has 0 bridgehead atoms. The lowest BCUT2D eigenvalue weighted by Gasteiger charge is -2.33. The van der Waals surface area contributed by atoms with Gasteiger partial charge in [0.15, 0.2) is 0 Å². The van der Waals surface area contributed by atoms with E-state index in [0.717, 1.165) is 22.3 Å². The number of hydrogen-bond acceptors (Lipinski definition) is 4. The summed E-state index contributed by atoms with van der Waals surface area (Å²) in [7, 11) is 0. The number of alkyl carbamates (subject to hydrolysis) is 1. The van der Waals surface area contributed by atoms with E-state index in [0.29, 0.717) is 6.54 Å². The number of rotatable bonds is 10. The number of aliphatic carboxylic acids is 1. The van der Waals surface area contributed by atoms with Crippen LogP contribution in [-0.2, 0) is 14.3 Å². The first-order chi connectivity index (χ1) is 16.6. The van der Waals surface area contributed by atoms with E-state index in [2.05, 4.69) is 29.6 Å². The second-order valence-corrected chi connectivity index (χ2v) is 9.64. The number of hydrogen-bond donors (Lipinski definition) is 2. The Morgan fingerprint density at radius 2 is 1.51 bits per heavy atom. The van der Waals surface area contributed by atoms with Gasteiger partial charge in [-0.25, -0.2) is 4.79 Å². The highest BCUT2D eigenvalue weighted by molar-refractivity contribution is 5.82. The molecular formula is C28H36N2O5.